The van der Waals surface area contributed by atoms with E-state index in [0.717, 1.165) is 5.56 Å². The van der Waals surface area contributed by atoms with Crippen LogP contribution < -0.4 is 4.18 Å². The lowest BCUT2D eigenvalue weighted by Gasteiger charge is -2.14. The second kappa shape index (κ2) is 6.00. The average molecular weight is 335 g/mol. The van der Waals surface area contributed by atoms with Crippen LogP contribution in [0.4, 0.5) is 5.69 Å². The van der Waals surface area contributed by atoms with E-state index in [0.29, 0.717) is 11.1 Å². The number of nitrogens with zero attached hydrogens (tertiary/aromatic N) is 1. The SMILES string of the molecule is Cc1cc(C)c(OS(=O)(=O)c2cccc([N+](=O)[O-])c2C)c(C)c1. The quantitative estimate of drug-likeness (QED) is 0.484. The molecule has 0 bridgehead atoms. The lowest BCUT2D eigenvalue weighted by molar-refractivity contribution is -0.385. The van der Waals surface area contributed by atoms with Crippen LogP contribution in [0.15, 0.2) is 35.2 Å². The third-order valence-electron chi connectivity index (χ3n) is 3.52. The molecule has 2 aromatic carbocycles. The summed E-state index contributed by atoms with van der Waals surface area (Å²) in [4.78, 5) is 10.2. The van der Waals surface area contributed by atoms with Crippen molar-refractivity contribution in [2.75, 3.05) is 0 Å². The largest absolute Gasteiger partial charge is 0.378 e. The van der Waals surface area contributed by atoms with Gasteiger partial charge in [-0.2, -0.15) is 8.42 Å². The molecule has 0 aliphatic heterocycles. The Labute approximate surface area is 135 Å². The Morgan fingerprint density at radius 1 is 1.04 bits per heavy atom. The average Bonchev–Trinajstić information content (AvgIpc) is 2.42. The van der Waals surface area contributed by atoms with E-state index < -0.39 is 15.0 Å². The van der Waals surface area contributed by atoms with Crippen LogP contribution in [0.2, 0.25) is 0 Å². The Balaban J connectivity index is 2.53. The third kappa shape index (κ3) is 3.34. The molecule has 0 aliphatic carbocycles. The first-order valence-corrected chi connectivity index (χ1v) is 8.30. The molecule has 0 saturated carbocycles. The maximum Gasteiger partial charge on any atom is 0.339 e. The molecule has 0 radical (unpaired) electrons. The van der Waals surface area contributed by atoms with Gasteiger partial charge in [-0.05, 0) is 44.9 Å². The number of aryl methyl sites for hydroxylation is 3. The Morgan fingerprint density at radius 3 is 2.13 bits per heavy atom. The van der Waals surface area contributed by atoms with E-state index >= 15 is 0 Å². The maximum absolute atomic E-state index is 12.5. The predicted octanol–water partition coefficient (Wildman–Crippen LogP) is 3.60. The molecule has 0 fully saturated rings. The first-order chi connectivity index (χ1) is 10.6. The van der Waals surface area contributed by atoms with E-state index in [1.165, 1.54) is 25.1 Å². The molecule has 0 N–H and O–H groups in total. The Bertz CT molecular complexity index is 864. The molecule has 2 aromatic rings. The molecular weight excluding hydrogens is 318 g/mol. The molecule has 0 unspecified atom stereocenters. The summed E-state index contributed by atoms with van der Waals surface area (Å²) in [5, 5.41) is 11.0. The number of rotatable bonds is 4. The lowest BCUT2D eigenvalue weighted by Crippen LogP contribution is -2.13. The Hall–Kier alpha value is -2.41. The minimum Gasteiger partial charge on any atom is -0.378 e. The second-order valence-electron chi connectivity index (χ2n) is 5.42. The molecule has 0 aromatic heterocycles. The summed E-state index contributed by atoms with van der Waals surface area (Å²) >= 11 is 0. The standard InChI is InChI=1S/C16H17NO5S/c1-10-8-11(2)16(12(3)9-10)22-23(20,21)15-7-5-6-14(13(15)4)17(18)19/h5-9H,1-4H3. The van der Waals surface area contributed by atoms with Gasteiger partial charge in [-0.3, -0.25) is 10.1 Å². The van der Waals surface area contributed by atoms with Crippen LogP contribution in [-0.2, 0) is 10.1 Å². The van der Waals surface area contributed by atoms with Crippen LogP contribution in [0.5, 0.6) is 5.75 Å². The van der Waals surface area contributed by atoms with Gasteiger partial charge in [-0.25, -0.2) is 0 Å². The van der Waals surface area contributed by atoms with Gasteiger partial charge in [-0.15, -0.1) is 0 Å². The zero-order valence-electron chi connectivity index (χ0n) is 13.3. The van der Waals surface area contributed by atoms with Crippen molar-refractivity contribution in [3.8, 4) is 5.75 Å². The van der Waals surface area contributed by atoms with Crippen LogP contribution in [0, 0.1) is 37.8 Å². The van der Waals surface area contributed by atoms with Crippen molar-refractivity contribution >= 4 is 15.8 Å². The summed E-state index contributed by atoms with van der Waals surface area (Å²) in [5.41, 5.74) is 2.17. The van der Waals surface area contributed by atoms with Gasteiger partial charge in [0.2, 0.25) is 0 Å². The molecule has 23 heavy (non-hydrogen) atoms. The molecule has 0 aliphatic rings. The van der Waals surface area contributed by atoms with Crippen molar-refractivity contribution in [2.45, 2.75) is 32.6 Å². The van der Waals surface area contributed by atoms with Crippen molar-refractivity contribution < 1.29 is 17.5 Å². The maximum atomic E-state index is 12.5. The van der Waals surface area contributed by atoms with Crippen molar-refractivity contribution in [1.82, 2.24) is 0 Å². The van der Waals surface area contributed by atoms with E-state index in [-0.39, 0.29) is 21.9 Å². The number of hydrogen-bond acceptors (Lipinski definition) is 5. The first kappa shape index (κ1) is 17.0. The topological polar surface area (TPSA) is 86.5 Å². The summed E-state index contributed by atoms with van der Waals surface area (Å²) in [7, 11) is -4.16. The molecular formula is C16H17NO5S. The summed E-state index contributed by atoms with van der Waals surface area (Å²) in [5.74, 6) is 0.251. The molecule has 0 amide bonds. The molecule has 0 spiro atoms. The van der Waals surface area contributed by atoms with Gasteiger partial charge in [0, 0.05) is 11.6 Å². The predicted molar refractivity (Wildman–Crippen MR) is 86.3 cm³/mol. The van der Waals surface area contributed by atoms with Crippen LogP contribution in [0.1, 0.15) is 22.3 Å². The summed E-state index contributed by atoms with van der Waals surface area (Å²) in [6.07, 6.45) is 0. The van der Waals surface area contributed by atoms with Gasteiger partial charge in [-0.1, -0.05) is 23.8 Å². The fourth-order valence-corrected chi connectivity index (χ4v) is 3.82. The number of nitro groups is 1. The van der Waals surface area contributed by atoms with Crippen LogP contribution >= 0.6 is 0 Å². The summed E-state index contributed by atoms with van der Waals surface area (Å²) in [6.45, 7) is 6.81. The van der Waals surface area contributed by atoms with Crippen molar-refractivity contribution in [3.63, 3.8) is 0 Å². The highest BCUT2D eigenvalue weighted by Gasteiger charge is 2.25. The van der Waals surface area contributed by atoms with E-state index in [2.05, 4.69) is 0 Å². The van der Waals surface area contributed by atoms with E-state index in [9.17, 15) is 18.5 Å². The Morgan fingerprint density at radius 2 is 1.61 bits per heavy atom. The molecule has 122 valence electrons. The van der Waals surface area contributed by atoms with E-state index in [1.807, 2.05) is 19.1 Å². The fourth-order valence-electron chi connectivity index (χ4n) is 2.52. The highest BCUT2D eigenvalue weighted by molar-refractivity contribution is 7.87. The van der Waals surface area contributed by atoms with E-state index in [1.54, 1.807) is 13.8 Å². The highest BCUT2D eigenvalue weighted by Crippen LogP contribution is 2.31. The van der Waals surface area contributed by atoms with Crippen molar-refractivity contribution in [1.29, 1.82) is 0 Å². The highest BCUT2D eigenvalue weighted by atomic mass is 32.2. The molecule has 7 heteroatoms. The molecule has 0 heterocycles. The number of benzene rings is 2. The second-order valence-corrected chi connectivity index (χ2v) is 6.94. The molecule has 2 rings (SSSR count). The lowest BCUT2D eigenvalue weighted by atomic mass is 10.1. The van der Waals surface area contributed by atoms with E-state index in [4.69, 9.17) is 4.18 Å². The minimum absolute atomic E-state index is 0.0555. The normalized spacial score (nSPS) is 11.3. The molecule has 0 atom stereocenters. The third-order valence-corrected chi connectivity index (χ3v) is 4.89. The number of hydrogen-bond donors (Lipinski definition) is 0. The smallest absolute Gasteiger partial charge is 0.339 e. The first-order valence-electron chi connectivity index (χ1n) is 6.90. The van der Waals surface area contributed by atoms with Crippen LogP contribution in [-0.4, -0.2) is 13.3 Å². The van der Waals surface area contributed by atoms with Gasteiger partial charge in [0.25, 0.3) is 5.69 Å². The van der Waals surface area contributed by atoms with Gasteiger partial charge < -0.3 is 4.18 Å². The van der Waals surface area contributed by atoms with Crippen LogP contribution in [0.25, 0.3) is 0 Å². The fraction of sp³-hybridized carbons (Fsp3) is 0.250. The monoisotopic (exact) mass is 335 g/mol. The minimum atomic E-state index is -4.16. The van der Waals surface area contributed by atoms with Crippen molar-refractivity contribution in [2.24, 2.45) is 0 Å². The number of nitro benzene ring substituents is 1. The molecule has 6 nitrogen and oxygen atoms in total. The van der Waals surface area contributed by atoms with Gasteiger partial charge in [0.15, 0.2) is 0 Å². The van der Waals surface area contributed by atoms with Gasteiger partial charge in [0.05, 0.1) is 4.92 Å². The Kier molecular flexibility index (Phi) is 4.42. The van der Waals surface area contributed by atoms with Gasteiger partial charge >= 0.3 is 10.1 Å². The van der Waals surface area contributed by atoms with Crippen LogP contribution in [0.3, 0.4) is 0 Å². The molecule has 0 saturated heterocycles. The van der Waals surface area contributed by atoms with Crippen molar-refractivity contribution in [3.05, 3.63) is 62.7 Å². The summed E-state index contributed by atoms with van der Waals surface area (Å²) < 4.78 is 30.4. The zero-order chi connectivity index (χ0) is 17.4. The van der Waals surface area contributed by atoms with Gasteiger partial charge in [0.1, 0.15) is 10.6 Å². The zero-order valence-corrected chi connectivity index (χ0v) is 14.1. The summed E-state index contributed by atoms with van der Waals surface area (Å²) in [6, 6.07) is 7.53.